The van der Waals surface area contributed by atoms with Crippen molar-refractivity contribution in [3.8, 4) is 17.2 Å². The minimum Gasteiger partial charge on any atom is -0.497 e. The smallest absolute Gasteiger partial charge is 0.335 e. The van der Waals surface area contributed by atoms with E-state index in [4.69, 9.17) is 14.2 Å². The lowest BCUT2D eigenvalue weighted by atomic mass is 9.49. The zero-order valence-electron chi connectivity index (χ0n) is 22.2. The first kappa shape index (κ1) is 26.6. The monoisotopic (exact) mass is 608 g/mol. The number of amides is 4. The number of hydrogen-bond donors (Lipinski definition) is 1. The largest absolute Gasteiger partial charge is 0.497 e. The van der Waals surface area contributed by atoms with E-state index in [9.17, 15) is 19.2 Å². The number of ether oxygens (including phenoxy) is 3. The van der Waals surface area contributed by atoms with Crippen molar-refractivity contribution in [2.75, 3.05) is 19.1 Å². The van der Waals surface area contributed by atoms with Crippen LogP contribution in [0.5, 0.6) is 17.2 Å². The number of esters is 1. The molecule has 9 nitrogen and oxygen atoms in total. The van der Waals surface area contributed by atoms with Crippen LogP contribution in [0, 0.1) is 23.2 Å². The molecular weight excluding hydrogens is 580 g/mol. The van der Waals surface area contributed by atoms with Gasteiger partial charge in [-0.05, 0) is 120 Å². The van der Waals surface area contributed by atoms with E-state index in [-0.39, 0.29) is 28.7 Å². The Morgan fingerprint density at radius 2 is 1.60 bits per heavy atom. The van der Waals surface area contributed by atoms with Crippen LogP contribution in [0.25, 0.3) is 6.08 Å². The van der Waals surface area contributed by atoms with Crippen LogP contribution in [0.15, 0.2) is 46.4 Å². The summed E-state index contributed by atoms with van der Waals surface area (Å²) >= 11 is 3.50. The quantitative estimate of drug-likeness (QED) is 0.206. The molecule has 208 valence electrons. The van der Waals surface area contributed by atoms with Crippen LogP contribution in [-0.4, -0.2) is 38.0 Å². The van der Waals surface area contributed by atoms with E-state index in [1.54, 1.807) is 36.4 Å². The molecule has 4 saturated carbocycles. The molecule has 2 aromatic carbocycles. The van der Waals surface area contributed by atoms with Gasteiger partial charge in [0.2, 0.25) is 0 Å². The van der Waals surface area contributed by atoms with E-state index >= 15 is 0 Å². The number of anilines is 1. The zero-order chi connectivity index (χ0) is 28.2. The molecule has 1 heterocycles. The summed E-state index contributed by atoms with van der Waals surface area (Å²) in [5.41, 5.74) is 0.0557. The molecule has 40 heavy (non-hydrogen) atoms. The Morgan fingerprint density at radius 1 is 0.975 bits per heavy atom. The van der Waals surface area contributed by atoms with Crippen LogP contribution in [0.3, 0.4) is 0 Å². The summed E-state index contributed by atoms with van der Waals surface area (Å²) in [6.07, 6.45) is 7.66. The number of methoxy groups -OCH3 is 2. The molecule has 0 unspecified atom stereocenters. The molecule has 2 aromatic rings. The lowest BCUT2D eigenvalue weighted by Crippen LogP contribution is -2.54. The molecule has 0 aromatic heterocycles. The molecule has 1 aliphatic heterocycles. The molecule has 7 rings (SSSR count). The number of urea groups is 1. The Kier molecular flexibility index (Phi) is 6.68. The molecule has 5 fully saturated rings. The van der Waals surface area contributed by atoms with Crippen molar-refractivity contribution in [3.05, 3.63) is 52.0 Å². The highest BCUT2D eigenvalue weighted by molar-refractivity contribution is 9.10. The standard InChI is InChI=1S/C30H29BrN2O7/c1-38-21-5-3-20(4-6-21)33-27(35)22(26(34)32-29(33)37)10-16-11-23(31)25(24(12-16)39-2)40-28(36)30-13-17-7-18(14-30)9-19(8-17)15-30/h3-6,10-12,17-19H,7-9,13-15H2,1-2H3,(H,32,34,37)/b22-10+. The number of halogens is 1. The maximum Gasteiger partial charge on any atom is 0.335 e. The van der Waals surface area contributed by atoms with Crippen molar-refractivity contribution >= 4 is 51.5 Å². The van der Waals surface area contributed by atoms with Gasteiger partial charge in [-0.2, -0.15) is 0 Å². The topological polar surface area (TPSA) is 111 Å². The van der Waals surface area contributed by atoms with E-state index in [0.717, 1.165) is 24.2 Å². The first-order valence-electron chi connectivity index (χ1n) is 13.3. The SMILES string of the molecule is COc1ccc(N2C(=O)NC(=O)/C(=C\c3cc(Br)c(OC(=O)C45CC6CC(CC(C6)C4)C5)c(OC)c3)C2=O)cc1. The third-order valence-electron chi connectivity index (χ3n) is 8.66. The van der Waals surface area contributed by atoms with Gasteiger partial charge >= 0.3 is 12.0 Å². The third-order valence-corrected chi connectivity index (χ3v) is 9.25. The number of barbiturate groups is 1. The summed E-state index contributed by atoms with van der Waals surface area (Å²) < 4.78 is 17.2. The van der Waals surface area contributed by atoms with Gasteiger partial charge < -0.3 is 14.2 Å². The Morgan fingerprint density at radius 3 is 2.17 bits per heavy atom. The van der Waals surface area contributed by atoms with E-state index in [0.29, 0.717) is 33.5 Å². The highest BCUT2D eigenvalue weighted by Gasteiger charge is 2.55. The van der Waals surface area contributed by atoms with Gasteiger partial charge in [-0.25, -0.2) is 9.69 Å². The van der Waals surface area contributed by atoms with Crippen molar-refractivity contribution in [1.82, 2.24) is 5.32 Å². The molecule has 1 saturated heterocycles. The van der Waals surface area contributed by atoms with E-state index < -0.39 is 23.3 Å². The fourth-order valence-corrected chi connectivity index (χ4v) is 7.81. The number of benzene rings is 2. The average Bonchev–Trinajstić information content (AvgIpc) is 2.91. The molecule has 4 amide bonds. The van der Waals surface area contributed by atoms with Crippen LogP contribution in [0.4, 0.5) is 10.5 Å². The summed E-state index contributed by atoms with van der Waals surface area (Å²) in [4.78, 5) is 53.0. The maximum absolute atomic E-state index is 13.6. The Hall–Kier alpha value is -3.66. The van der Waals surface area contributed by atoms with Gasteiger partial charge in [0, 0.05) is 0 Å². The van der Waals surface area contributed by atoms with Crippen LogP contribution in [0.1, 0.15) is 44.1 Å². The molecule has 10 heteroatoms. The van der Waals surface area contributed by atoms with E-state index in [2.05, 4.69) is 21.2 Å². The summed E-state index contributed by atoms with van der Waals surface area (Å²) in [5.74, 6) is 1.10. The molecule has 0 atom stereocenters. The van der Waals surface area contributed by atoms with E-state index in [1.165, 1.54) is 39.6 Å². The lowest BCUT2D eigenvalue weighted by Gasteiger charge is -2.55. The molecule has 4 aliphatic carbocycles. The van der Waals surface area contributed by atoms with Crippen molar-refractivity contribution in [2.45, 2.75) is 38.5 Å². The first-order chi connectivity index (χ1) is 19.2. The van der Waals surface area contributed by atoms with Gasteiger partial charge in [0.25, 0.3) is 11.8 Å². The van der Waals surface area contributed by atoms with Crippen molar-refractivity contribution in [2.24, 2.45) is 23.2 Å². The third kappa shape index (κ3) is 4.58. The van der Waals surface area contributed by atoms with E-state index in [1.807, 2.05) is 0 Å². The fraction of sp³-hybridized carbons (Fsp3) is 0.400. The van der Waals surface area contributed by atoms with Crippen molar-refractivity contribution in [1.29, 1.82) is 0 Å². The maximum atomic E-state index is 13.6. The van der Waals surface area contributed by atoms with Crippen LogP contribution < -0.4 is 24.4 Å². The van der Waals surface area contributed by atoms with Crippen molar-refractivity contribution in [3.63, 3.8) is 0 Å². The molecule has 1 N–H and O–H groups in total. The lowest BCUT2D eigenvalue weighted by molar-refractivity contribution is -0.161. The van der Waals surface area contributed by atoms with Gasteiger partial charge in [0.05, 0.1) is 29.8 Å². The number of carbonyl (C=O) groups is 4. The second-order valence-corrected chi connectivity index (χ2v) is 12.1. The number of imide groups is 2. The Balaban J connectivity index is 1.27. The molecule has 5 aliphatic rings. The second kappa shape index (κ2) is 10.1. The molecular formula is C30H29BrN2O7. The predicted octanol–water partition coefficient (Wildman–Crippen LogP) is 5.25. The minimum atomic E-state index is -0.844. The van der Waals surface area contributed by atoms with Gasteiger partial charge in [-0.1, -0.05) is 0 Å². The predicted molar refractivity (Wildman–Crippen MR) is 149 cm³/mol. The van der Waals surface area contributed by atoms with Gasteiger partial charge in [-0.3, -0.25) is 19.7 Å². The molecule has 4 bridgehead atoms. The van der Waals surface area contributed by atoms with Gasteiger partial charge in [0.15, 0.2) is 11.5 Å². The van der Waals surface area contributed by atoms with Crippen LogP contribution in [-0.2, 0) is 14.4 Å². The second-order valence-electron chi connectivity index (χ2n) is 11.3. The normalized spacial score (nSPS) is 28.1. The number of nitrogens with zero attached hydrogens (tertiary/aromatic N) is 1. The number of hydrogen-bond acceptors (Lipinski definition) is 7. The fourth-order valence-electron chi connectivity index (χ4n) is 7.27. The highest BCUT2D eigenvalue weighted by atomic mass is 79.9. The number of nitrogens with one attached hydrogen (secondary N) is 1. The number of carbonyl (C=O) groups excluding carboxylic acids is 4. The van der Waals surface area contributed by atoms with Gasteiger partial charge in [0.1, 0.15) is 11.3 Å². The summed E-state index contributed by atoms with van der Waals surface area (Å²) in [7, 11) is 2.97. The Labute approximate surface area is 240 Å². The average molecular weight is 609 g/mol. The summed E-state index contributed by atoms with van der Waals surface area (Å²) in [6.45, 7) is 0. The van der Waals surface area contributed by atoms with Crippen molar-refractivity contribution < 1.29 is 33.4 Å². The number of rotatable bonds is 6. The zero-order valence-corrected chi connectivity index (χ0v) is 23.8. The van der Waals surface area contributed by atoms with Crippen LogP contribution >= 0.6 is 15.9 Å². The van der Waals surface area contributed by atoms with Gasteiger partial charge in [-0.15, -0.1) is 0 Å². The summed E-state index contributed by atoms with van der Waals surface area (Å²) in [5, 5.41) is 2.22. The Bertz CT molecular complexity index is 1410. The van der Waals surface area contributed by atoms with Crippen LogP contribution in [0.2, 0.25) is 0 Å². The summed E-state index contributed by atoms with van der Waals surface area (Å²) in [6, 6.07) is 8.72. The molecule has 0 radical (unpaired) electrons. The highest BCUT2D eigenvalue weighted by Crippen LogP contribution is 2.60. The molecule has 0 spiro atoms. The first-order valence-corrected chi connectivity index (χ1v) is 14.1. The minimum absolute atomic E-state index is 0.216.